The normalized spacial score (nSPS) is 38.7. The van der Waals surface area contributed by atoms with Crippen LogP contribution in [-0.4, -0.2) is 49.1 Å². The maximum atomic E-state index is 10.6. The van der Waals surface area contributed by atoms with Crippen LogP contribution in [-0.2, 0) is 11.8 Å². The molecule has 0 heterocycles. The van der Waals surface area contributed by atoms with Crippen molar-refractivity contribution in [3.63, 3.8) is 0 Å². The molecule has 0 amide bonds. The number of aliphatic hydroxyl groups excluding tert-OH is 2. The van der Waals surface area contributed by atoms with Gasteiger partial charge in [-0.05, 0) is 43.2 Å². The summed E-state index contributed by atoms with van der Waals surface area (Å²) in [6, 6.07) is 2.02. The molecule has 1 aromatic rings. The van der Waals surface area contributed by atoms with Gasteiger partial charge < -0.3 is 24.4 Å². The second-order valence-corrected chi connectivity index (χ2v) is 7.89. The Hall–Kier alpha value is -1.17. The zero-order valence-electron chi connectivity index (χ0n) is 14.8. The Labute approximate surface area is 152 Å². The molecule has 3 aliphatic carbocycles. The second kappa shape index (κ2) is 5.93. The molecular formula is C19H25ClO5. The van der Waals surface area contributed by atoms with Crippen molar-refractivity contribution in [3.05, 3.63) is 17.2 Å². The third-order valence-corrected chi connectivity index (χ3v) is 7.15. The van der Waals surface area contributed by atoms with Crippen LogP contribution in [0.1, 0.15) is 30.4 Å². The van der Waals surface area contributed by atoms with Gasteiger partial charge in [-0.25, -0.2) is 0 Å². The predicted molar refractivity (Wildman–Crippen MR) is 94.0 cm³/mol. The Kier molecular flexibility index (Phi) is 4.09. The van der Waals surface area contributed by atoms with Gasteiger partial charge in [0.05, 0.1) is 38.9 Å². The molecule has 6 atom stereocenters. The monoisotopic (exact) mass is 368 g/mol. The summed E-state index contributed by atoms with van der Waals surface area (Å²) in [5.41, 5.74) is 1.83. The van der Waals surface area contributed by atoms with E-state index in [9.17, 15) is 10.2 Å². The van der Waals surface area contributed by atoms with Gasteiger partial charge in [0.25, 0.3) is 0 Å². The fourth-order valence-electron chi connectivity index (χ4n) is 5.49. The van der Waals surface area contributed by atoms with E-state index in [0.29, 0.717) is 23.7 Å². The zero-order chi connectivity index (χ0) is 17.9. The van der Waals surface area contributed by atoms with Crippen LogP contribution in [0.3, 0.4) is 0 Å². The maximum absolute atomic E-state index is 10.6. The number of aryl methyl sites for hydroxylation is 1. The number of hydrogen-bond acceptors (Lipinski definition) is 5. The molecule has 3 unspecified atom stereocenters. The average molecular weight is 369 g/mol. The summed E-state index contributed by atoms with van der Waals surface area (Å²) in [5, 5.41) is 20.6. The number of alkyl halides is 1. The van der Waals surface area contributed by atoms with E-state index in [4.69, 9.17) is 25.8 Å². The molecule has 0 saturated heterocycles. The Balaban J connectivity index is 1.97. The number of fused-ring (bicyclic) bond motifs is 1. The summed E-state index contributed by atoms with van der Waals surface area (Å²) < 4.78 is 16.9. The molecular weight excluding hydrogens is 344 g/mol. The van der Waals surface area contributed by atoms with Crippen LogP contribution < -0.4 is 14.2 Å². The molecule has 25 heavy (non-hydrogen) atoms. The molecule has 4 rings (SSSR count). The van der Waals surface area contributed by atoms with E-state index in [1.807, 2.05) is 6.07 Å². The van der Waals surface area contributed by atoms with E-state index in [1.165, 1.54) is 0 Å². The molecule has 5 nitrogen and oxygen atoms in total. The molecule has 138 valence electrons. The number of methoxy groups -OCH3 is 3. The van der Waals surface area contributed by atoms with E-state index < -0.39 is 12.2 Å². The molecule has 0 aromatic heterocycles. The van der Waals surface area contributed by atoms with Crippen LogP contribution in [0, 0.1) is 11.8 Å². The van der Waals surface area contributed by atoms with E-state index in [-0.39, 0.29) is 22.6 Å². The molecule has 6 heteroatoms. The molecule has 1 spiro atoms. The number of halogens is 1. The van der Waals surface area contributed by atoms with Gasteiger partial charge in [-0.3, -0.25) is 0 Å². The van der Waals surface area contributed by atoms with Crippen LogP contribution in [0.2, 0.25) is 0 Å². The minimum atomic E-state index is -0.803. The Morgan fingerprint density at radius 3 is 2.48 bits per heavy atom. The van der Waals surface area contributed by atoms with Gasteiger partial charge in [0, 0.05) is 16.9 Å². The topological polar surface area (TPSA) is 68.2 Å². The molecule has 0 radical (unpaired) electrons. The lowest BCUT2D eigenvalue weighted by Gasteiger charge is -2.37. The number of hydrogen-bond donors (Lipinski definition) is 2. The fourth-order valence-corrected chi connectivity index (χ4v) is 6.21. The Morgan fingerprint density at radius 2 is 1.84 bits per heavy atom. The first kappa shape index (κ1) is 17.3. The lowest BCUT2D eigenvalue weighted by atomic mass is 9.70. The lowest BCUT2D eigenvalue weighted by molar-refractivity contribution is -0.0400. The van der Waals surface area contributed by atoms with E-state index in [2.05, 4.69) is 0 Å². The molecule has 2 saturated carbocycles. The van der Waals surface area contributed by atoms with Gasteiger partial charge in [0.1, 0.15) is 0 Å². The van der Waals surface area contributed by atoms with Crippen molar-refractivity contribution in [3.8, 4) is 17.2 Å². The quantitative estimate of drug-likeness (QED) is 0.801. The average Bonchev–Trinajstić information content (AvgIpc) is 3.27. The molecule has 2 N–H and O–H groups in total. The smallest absolute Gasteiger partial charge is 0.203 e. The SMILES string of the molecule is COc1cc2c(c(OC)c1OC)C13C(Cl)C1[C@H](O)[C@H](O)C[C@@H]3CCC2. The highest BCUT2D eigenvalue weighted by molar-refractivity contribution is 6.24. The highest BCUT2D eigenvalue weighted by atomic mass is 35.5. The van der Waals surface area contributed by atoms with Crippen molar-refractivity contribution >= 4 is 11.6 Å². The highest BCUT2D eigenvalue weighted by Crippen LogP contribution is 2.72. The van der Waals surface area contributed by atoms with Gasteiger partial charge in [0.2, 0.25) is 5.75 Å². The van der Waals surface area contributed by atoms with Crippen molar-refractivity contribution in [2.45, 2.75) is 48.7 Å². The first-order valence-corrected chi connectivity index (χ1v) is 9.28. The fraction of sp³-hybridized carbons (Fsp3) is 0.684. The second-order valence-electron chi connectivity index (χ2n) is 7.42. The number of benzene rings is 1. The van der Waals surface area contributed by atoms with Crippen LogP contribution in [0.25, 0.3) is 0 Å². The van der Waals surface area contributed by atoms with Crippen LogP contribution in [0.15, 0.2) is 6.07 Å². The lowest BCUT2D eigenvalue weighted by Crippen LogP contribution is -2.42. The predicted octanol–water partition coefficient (Wildman–Crippen LogP) is 2.27. The Morgan fingerprint density at radius 1 is 1.12 bits per heavy atom. The van der Waals surface area contributed by atoms with Crippen molar-refractivity contribution < 1.29 is 24.4 Å². The molecule has 3 aliphatic rings. The summed E-state index contributed by atoms with van der Waals surface area (Å²) in [5.74, 6) is 1.93. The summed E-state index contributed by atoms with van der Waals surface area (Å²) in [6.07, 6.45) is 1.94. The zero-order valence-corrected chi connectivity index (χ0v) is 15.5. The number of rotatable bonds is 3. The molecule has 0 aliphatic heterocycles. The molecule has 1 aromatic carbocycles. The van der Waals surface area contributed by atoms with Crippen LogP contribution in [0.5, 0.6) is 17.2 Å². The molecule has 0 bridgehead atoms. The summed E-state index contributed by atoms with van der Waals surface area (Å²) in [4.78, 5) is 0. The van der Waals surface area contributed by atoms with Gasteiger partial charge in [-0.15, -0.1) is 11.6 Å². The van der Waals surface area contributed by atoms with Gasteiger partial charge >= 0.3 is 0 Å². The minimum absolute atomic E-state index is 0.160. The number of ether oxygens (including phenoxy) is 3. The molecule has 2 fully saturated rings. The third kappa shape index (κ3) is 2.09. The summed E-state index contributed by atoms with van der Waals surface area (Å²) >= 11 is 6.78. The summed E-state index contributed by atoms with van der Waals surface area (Å²) in [7, 11) is 4.84. The summed E-state index contributed by atoms with van der Waals surface area (Å²) in [6.45, 7) is 0. The van der Waals surface area contributed by atoms with Crippen molar-refractivity contribution in [2.24, 2.45) is 11.8 Å². The van der Waals surface area contributed by atoms with Gasteiger partial charge in [-0.1, -0.05) is 0 Å². The van der Waals surface area contributed by atoms with E-state index in [0.717, 1.165) is 30.4 Å². The highest BCUT2D eigenvalue weighted by Gasteiger charge is 2.75. The number of aliphatic hydroxyl groups is 2. The largest absolute Gasteiger partial charge is 0.493 e. The van der Waals surface area contributed by atoms with Gasteiger partial charge in [-0.2, -0.15) is 0 Å². The van der Waals surface area contributed by atoms with Gasteiger partial charge in [0.15, 0.2) is 11.5 Å². The van der Waals surface area contributed by atoms with Crippen molar-refractivity contribution in [1.82, 2.24) is 0 Å². The van der Waals surface area contributed by atoms with Crippen molar-refractivity contribution in [1.29, 1.82) is 0 Å². The third-order valence-electron chi connectivity index (χ3n) is 6.52. The first-order valence-electron chi connectivity index (χ1n) is 8.84. The van der Waals surface area contributed by atoms with E-state index in [1.54, 1.807) is 21.3 Å². The maximum Gasteiger partial charge on any atom is 0.203 e. The van der Waals surface area contributed by atoms with E-state index >= 15 is 0 Å². The van der Waals surface area contributed by atoms with Crippen molar-refractivity contribution in [2.75, 3.05) is 21.3 Å². The Bertz CT molecular complexity index is 693. The minimum Gasteiger partial charge on any atom is -0.493 e. The van der Waals surface area contributed by atoms with Crippen LogP contribution in [0.4, 0.5) is 0 Å². The standard InChI is InChI=1S/C19H25ClO5/c1-23-12-7-9-5-4-6-10-8-11(21)15(22)14-18(20)19(10,14)13(9)17(25-3)16(12)24-2/h7,10-11,14-15,18,21-22H,4-6,8H2,1-3H3/t10-,11+,14?,15+,18?,19?/m0/s1. The first-order chi connectivity index (χ1) is 12.0. The van der Waals surface area contributed by atoms with Crippen LogP contribution >= 0.6 is 11.6 Å².